The Kier molecular flexibility index (Phi) is 30.4. The Bertz CT molecular complexity index is 5850. The van der Waals surface area contributed by atoms with E-state index in [0.717, 1.165) is 147 Å². The number of likely N-dealkylation sites (tertiary alicyclic amines) is 3. The number of nitrogens with one attached hydrogen (secondary N) is 4. The lowest BCUT2D eigenvalue weighted by molar-refractivity contribution is -0.143. The molecule has 10 saturated heterocycles. The van der Waals surface area contributed by atoms with Gasteiger partial charge in [0, 0.05) is 193 Å². The number of carbonyl (C=O) groups excluding carboxylic acids is 4. The maximum Gasteiger partial charge on any atom is 0.279 e. The number of carbonyl (C=O) groups is 4. The van der Waals surface area contributed by atoms with Gasteiger partial charge in [0.25, 0.3) is 11.1 Å². The van der Waals surface area contributed by atoms with Gasteiger partial charge < -0.3 is 89.3 Å². The number of ether oxygens (including phenoxy) is 6. The van der Waals surface area contributed by atoms with Crippen LogP contribution in [0, 0.1) is 47.8 Å². The summed E-state index contributed by atoms with van der Waals surface area (Å²) in [6, 6.07) is 49.8. The number of aliphatic hydroxyl groups excluding tert-OH is 2. The molecule has 0 saturated carbocycles. The van der Waals surface area contributed by atoms with Gasteiger partial charge in [-0.05, 0) is 165 Å². The Morgan fingerprint density at radius 3 is 1.21 bits per heavy atom. The molecule has 710 valence electrons. The van der Waals surface area contributed by atoms with E-state index in [4.69, 9.17) is 33.5 Å². The SMILES string of the molecule is Cc1cc(-c2nccc(Nc3ccc(N4CCN(C5COC5)CC4)cc3)n2)cc(C#N)c1O[C@H]1CCN(C(=O)CO)C[C@H]1F.Cc1cc(-c2nccc(Nc3ccc(N4CCN(C5COC5)CC4)cc3)n2)cc(C#N)c1O[C@H]1CCN(C(=O)[C@H](C)O)C[C@H]1F.N#Cc1cc(-c2nccc(Nc3ccc(N4CCN(C5COC5)CC4)cc3)n2)ccc1O[C@H]1CCN(C(=O)[C@@H]2CSC(=O)N2)C[C@H]1F. The molecule has 136 heavy (non-hydrogen) atoms. The number of halogens is 3. The van der Waals surface area contributed by atoms with Gasteiger partial charge in [-0.1, -0.05) is 11.8 Å². The first-order chi connectivity index (χ1) is 66.1. The lowest BCUT2D eigenvalue weighted by Gasteiger charge is -2.43. The summed E-state index contributed by atoms with van der Waals surface area (Å²) in [5.41, 5.74) is 10.2. The van der Waals surface area contributed by atoms with Crippen LogP contribution in [0.2, 0.25) is 0 Å². The number of alkyl halides is 3. The number of piperazine rings is 3. The predicted molar refractivity (Wildman–Crippen MR) is 505 cm³/mol. The highest BCUT2D eigenvalue weighted by molar-refractivity contribution is 8.14. The second-order valence-corrected chi connectivity index (χ2v) is 36.3. The maximum absolute atomic E-state index is 15.2. The third-order valence-corrected chi connectivity index (χ3v) is 27.1. The van der Waals surface area contributed by atoms with E-state index in [-0.39, 0.29) is 85.6 Å². The Labute approximate surface area is 790 Å². The number of hydrogen-bond acceptors (Lipinski definition) is 31. The Morgan fingerprint density at radius 2 is 0.853 bits per heavy atom. The number of aromatic nitrogens is 6. The molecule has 38 heteroatoms. The number of amides is 4. The number of rotatable bonds is 24. The number of nitriles is 3. The van der Waals surface area contributed by atoms with Crippen LogP contribution in [0.4, 0.5) is 69.5 Å². The van der Waals surface area contributed by atoms with Crippen LogP contribution in [0.5, 0.6) is 17.2 Å². The van der Waals surface area contributed by atoms with Crippen LogP contribution in [0.1, 0.15) is 54.0 Å². The fraction of sp³-hybridized carbons (Fsp3) is 0.439. The van der Waals surface area contributed by atoms with Gasteiger partial charge in [0.05, 0.1) is 94.1 Å². The zero-order valence-electron chi connectivity index (χ0n) is 75.9. The average Bonchev–Trinajstić information content (AvgIpc) is 0.996. The van der Waals surface area contributed by atoms with Gasteiger partial charge in [0.15, 0.2) is 36.0 Å². The third-order valence-electron chi connectivity index (χ3n) is 26.2. The second kappa shape index (κ2) is 43.7. The van der Waals surface area contributed by atoms with Crippen molar-refractivity contribution in [1.29, 1.82) is 15.8 Å². The van der Waals surface area contributed by atoms with E-state index in [9.17, 15) is 48.9 Å². The summed E-state index contributed by atoms with van der Waals surface area (Å²) in [5.74, 6) is 3.03. The Balaban J connectivity index is 0.000000142. The molecule has 4 amide bonds. The number of thioether (sulfide) groups is 1. The normalized spacial score (nSPS) is 22.0. The molecule has 0 spiro atoms. The van der Waals surface area contributed by atoms with Gasteiger partial charge in [0.1, 0.15) is 90.0 Å². The van der Waals surface area contributed by atoms with Gasteiger partial charge in [0.2, 0.25) is 11.8 Å². The molecule has 8 atom stereocenters. The largest absolute Gasteiger partial charge is 0.486 e. The predicted octanol–water partition coefficient (Wildman–Crippen LogP) is 9.61. The molecule has 10 fully saturated rings. The summed E-state index contributed by atoms with van der Waals surface area (Å²) in [4.78, 5) is 94.0. The van der Waals surface area contributed by atoms with Crippen molar-refractivity contribution in [3.05, 3.63) is 180 Å². The van der Waals surface area contributed by atoms with Crippen molar-refractivity contribution < 1.29 is 71.0 Å². The summed E-state index contributed by atoms with van der Waals surface area (Å²) < 4.78 is 79.0. The smallest absolute Gasteiger partial charge is 0.279 e. The number of piperidine rings is 3. The average molecular weight is 1880 g/mol. The minimum atomic E-state index is -1.45. The molecule has 9 aromatic rings. The van der Waals surface area contributed by atoms with E-state index in [1.165, 1.54) is 38.7 Å². The Morgan fingerprint density at radius 1 is 0.485 bits per heavy atom. The maximum atomic E-state index is 15.2. The number of aryl methyl sites for hydroxylation is 2. The molecule has 6 aromatic carbocycles. The van der Waals surface area contributed by atoms with Gasteiger partial charge in [-0.3, -0.25) is 33.9 Å². The van der Waals surface area contributed by atoms with E-state index in [0.29, 0.717) is 105 Å². The van der Waals surface area contributed by atoms with Crippen LogP contribution < -0.4 is 50.2 Å². The quantitative estimate of drug-likeness (QED) is 0.0328. The Hall–Kier alpha value is -13.1. The fourth-order valence-corrected chi connectivity index (χ4v) is 18.9. The molecule has 0 aliphatic carbocycles. The van der Waals surface area contributed by atoms with Gasteiger partial charge in [-0.15, -0.1) is 0 Å². The standard InChI is InChI=1S/C33H35FN8O4S.C33H38FN7O4.C32H36FN7O4/c34-26-17-42(32(43)27-20-47-33(44)38-27)10-8-29(26)46-28-6-1-21(15-22(28)16-35)31-36-9-7-30(39-31)37-23-2-4-24(5-3-23)40-11-13-41(14-12-40)25-18-45-19-25;1-21-15-23(16-24(17-35)31(21)45-29-8-10-41(18-28(29)34)33(43)22(2)42)32-36-9-7-30(38-32)37-25-3-5-26(6-4-25)39-11-13-40(14-12-39)27-19-44-20-27;1-21-14-22(15-23(16-34)31(21)44-28-7-9-40(17-27(28)33)30(42)18-41)32-35-8-6-29(37-32)36-24-2-4-25(5-3-24)38-10-12-39(13-11-38)26-19-43-20-26/h1-7,9,15,25-27,29H,8,10-14,17-20H2,(H,38,44)(H,36,37,39);3-7,9,15-16,22,27-29,42H,8,10-14,18-20H2,1-2H3,(H,36,37,38);2-6,8,14-15,26-28,41H,7,9-13,17-20H2,1H3,(H,35,36,37)/t26-,27+,29+;22-,28+,29-;27-,28+/m101/s1. The topological polar surface area (TPSA) is 390 Å². The highest BCUT2D eigenvalue weighted by atomic mass is 32.2. The summed E-state index contributed by atoms with van der Waals surface area (Å²) in [6.45, 7) is 22.0. The molecule has 0 bridgehead atoms. The lowest BCUT2D eigenvalue weighted by atomic mass is 10.0. The third kappa shape index (κ3) is 22.8. The van der Waals surface area contributed by atoms with Crippen LogP contribution in [0.15, 0.2) is 152 Å². The number of nitrogens with zero attached hydrogens (tertiary/aromatic N) is 18. The number of aliphatic hydroxyl groups is 2. The number of anilines is 9. The second-order valence-electron chi connectivity index (χ2n) is 35.3. The first-order valence-corrected chi connectivity index (χ1v) is 47.1. The van der Waals surface area contributed by atoms with Crippen molar-refractivity contribution in [1.82, 2.24) is 64.6 Å². The molecular formula is C98H109F3N22O12S. The zero-order valence-corrected chi connectivity index (χ0v) is 76.7. The van der Waals surface area contributed by atoms with Gasteiger partial charge in [-0.25, -0.2) is 43.1 Å². The van der Waals surface area contributed by atoms with E-state index in [1.807, 2.05) is 48.5 Å². The van der Waals surface area contributed by atoms with E-state index < -0.39 is 67.4 Å². The molecule has 3 aromatic heterocycles. The minimum absolute atomic E-state index is 0.134. The molecular weight excluding hydrogens is 1770 g/mol. The summed E-state index contributed by atoms with van der Waals surface area (Å²) in [5, 5.41) is 60.7. The van der Waals surface area contributed by atoms with Gasteiger partial charge >= 0.3 is 0 Å². The summed E-state index contributed by atoms with van der Waals surface area (Å²) >= 11 is 1.05. The fourth-order valence-electron chi connectivity index (χ4n) is 18.1. The van der Waals surface area contributed by atoms with Crippen LogP contribution >= 0.6 is 11.8 Å². The van der Waals surface area contributed by atoms with E-state index in [1.54, 1.807) is 81.0 Å². The van der Waals surface area contributed by atoms with Crippen molar-refractivity contribution in [3.63, 3.8) is 0 Å². The van der Waals surface area contributed by atoms with E-state index in [2.05, 4.69) is 135 Å². The molecule has 0 unspecified atom stereocenters. The first kappa shape index (κ1) is 94.7. The minimum Gasteiger partial charge on any atom is -0.486 e. The first-order valence-electron chi connectivity index (χ1n) is 46.1. The molecule has 13 heterocycles. The molecule has 19 rings (SSSR count). The van der Waals surface area contributed by atoms with Crippen LogP contribution in [0.3, 0.4) is 0 Å². The number of hydrogen-bond donors (Lipinski definition) is 6. The molecule has 6 N–H and O–H groups in total. The van der Waals surface area contributed by atoms with Crippen LogP contribution in [-0.4, -0.2) is 329 Å². The van der Waals surface area contributed by atoms with Crippen molar-refractivity contribution in [2.45, 2.75) is 107 Å². The molecule has 0 radical (unpaired) electrons. The highest BCUT2D eigenvalue weighted by Gasteiger charge is 2.41. The molecule has 10 aliphatic heterocycles. The molecule has 10 aliphatic rings. The monoisotopic (exact) mass is 1870 g/mol. The molecule has 34 nitrogen and oxygen atoms in total. The van der Waals surface area contributed by atoms with Gasteiger partial charge in [-0.2, -0.15) is 15.8 Å². The van der Waals surface area contributed by atoms with Crippen molar-refractivity contribution in [3.8, 4) is 69.6 Å². The van der Waals surface area contributed by atoms with E-state index >= 15 is 4.39 Å². The highest BCUT2D eigenvalue weighted by Crippen LogP contribution is 2.38. The number of benzene rings is 6. The summed E-state index contributed by atoms with van der Waals surface area (Å²) in [7, 11) is 0. The summed E-state index contributed by atoms with van der Waals surface area (Å²) in [6.07, 6.45) is -2.23. The van der Waals surface area contributed by atoms with Crippen molar-refractivity contribution in [2.75, 3.05) is 200 Å². The van der Waals surface area contributed by atoms with Crippen molar-refractivity contribution >= 4 is 86.3 Å². The van der Waals surface area contributed by atoms with Crippen LogP contribution in [0.25, 0.3) is 34.2 Å². The zero-order chi connectivity index (χ0) is 94.5. The lowest BCUT2D eigenvalue weighted by Crippen LogP contribution is -2.56. The van der Waals surface area contributed by atoms with Crippen LogP contribution in [-0.2, 0) is 28.6 Å². The van der Waals surface area contributed by atoms with Crippen molar-refractivity contribution in [2.24, 2.45) is 0 Å².